The van der Waals surface area contributed by atoms with Gasteiger partial charge in [-0.1, -0.05) is 24.3 Å². The van der Waals surface area contributed by atoms with Crippen molar-refractivity contribution in [1.82, 2.24) is 4.98 Å². The molecule has 0 saturated heterocycles. The number of benzene rings is 2. The van der Waals surface area contributed by atoms with Gasteiger partial charge in [-0.2, -0.15) is 0 Å². The van der Waals surface area contributed by atoms with Crippen LogP contribution >= 0.6 is 11.3 Å². The molecule has 0 aliphatic heterocycles. The lowest BCUT2D eigenvalue weighted by atomic mass is 10.2. The highest BCUT2D eigenvalue weighted by molar-refractivity contribution is 7.13. The van der Waals surface area contributed by atoms with Gasteiger partial charge in [-0.05, 0) is 30.3 Å². The second-order valence-corrected chi connectivity index (χ2v) is 6.51. The zero-order chi connectivity index (χ0) is 17.6. The van der Waals surface area contributed by atoms with Crippen LogP contribution in [0.2, 0.25) is 0 Å². The lowest BCUT2D eigenvalue weighted by Crippen LogP contribution is -2.11. The number of carbonyl (C=O) groups is 1. The molecule has 3 rings (SSSR count). The van der Waals surface area contributed by atoms with Crippen LogP contribution in [0.1, 0.15) is 16.1 Å². The van der Waals surface area contributed by atoms with Gasteiger partial charge >= 0.3 is 5.97 Å². The third kappa shape index (κ3) is 4.58. The highest BCUT2D eigenvalue weighted by Gasteiger charge is 2.10. The molecular formula is C19H19N3O2S. The fourth-order valence-corrected chi connectivity index (χ4v) is 2.92. The Kier molecular flexibility index (Phi) is 5.30. The topological polar surface area (TPSA) is 54.5 Å². The Hall–Kier alpha value is -2.86. The fourth-order valence-electron chi connectivity index (χ4n) is 2.21. The number of ether oxygens (including phenoxy) is 1. The van der Waals surface area contributed by atoms with E-state index in [0.29, 0.717) is 5.56 Å². The summed E-state index contributed by atoms with van der Waals surface area (Å²) in [5.74, 6) is -0.353. The van der Waals surface area contributed by atoms with Gasteiger partial charge in [-0.15, -0.1) is 11.3 Å². The van der Waals surface area contributed by atoms with E-state index in [-0.39, 0.29) is 12.6 Å². The molecule has 0 bridgehead atoms. The quantitative estimate of drug-likeness (QED) is 0.669. The summed E-state index contributed by atoms with van der Waals surface area (Å²) >= 11 is 1.48. The van der Waals surface area contributed by atoms with Crippen LogP contribution in [-0.4, -0.2) is 25.0 Å². The number of nitrogens with one attached hydrogen (secondary N) is 1. The van der Waals surface area contributed by atoms with Crippen molar-refractivity contribution in [3.63, 3.8) is 0 Å². The number of esters is 1. The van der Waals surface area contributed by atoms with Crippen LogP contribution in [0.4, 0.5) is 16.5 Å². The number of aromatic nitrogens is 1. The molecule has 1 N–H and O–H groups in total. The van der Waals surface area contributed by atoms with Crippen molar-refractivity contribution in [1.29, 1.82) is 0 Å². The van der Waals surface area contributed by atoms with Crippen molar-refractivity contribution < 1.29 is 9.53 Å². The van der Waals surface area contributed by atoms with Gasteiger partial charge in [0.2, 0.25) is 0 Å². The van der Waals surface area contributed by atoms with E-state index in [2.05, 4.69) is 10.3 Å². The maximum atomic E-state index is 12.2. The molecule has 0 spiro atoms. The van der Waals surface area contributed by atoms with E-state index in [9.17, 15) is 4.79 Å². The monoisotopic (exact) mass is 353 g/mol. The molecule has 3 aromatic rings. The van der Waals surface area contributed by atoms with Gasteiger partial charge in [0.15, 0.2) is 5.13 Å². The Morgan fingerprint density at radius 1 is 1.16 bits per heavy atom. The van der Waals surface area contributed by atoms with Gasteiger partial charge in [-0.25, -0.2) is 9.78 Å². The molecule has 0 radical (unpaired) electrons. The molecule has 0 atom stereocenters. The average molecular weight is 353 g/mol. The highest BCUT2D eigenvalue weighted by Crippen LogP contribution is 2.21. The molecule has 25 heavy (non-hydrogen) atoms. The first kappa shape index (κ1) is 17.0. The third-order valence-corrected chi connectivity index (χ3v) is 4.33. The summed E-state index contributed by atoms with van der Waals surface area (Å²) in [5.41, 5.74) is 3.18. The first-order chi connectivity index (χ1) is 12.1. The van der Waals surface area contributed by atoms with Crippen molar-refractivity contribution in [2.75, 3.05) is 24.3 Å². The van der Waals surface area contributed by atoms with Crippen LogP contribution in [0.25, 0.3) is 0 Å². The van der Waals surface area contributed by atoms with Gasteiger partial charge in [0.05, 0.1) is 11.3 Å². The number of para-hydroxylation sites is 1. The zero-order valence-electron chi connectivity index (χ0n) is 14.1. The number of rotatable bonds is 6. The molecule has 0 fully saturated rings. The van der Waals surface area contributed by atoms with Crippen molar-refractivity contribution >= 4 is 33.8 Å². The van der Waals surface area contributed by atoms with Crippen molar-refractivity contribution in [2.24, 2.45) is 0 Å². The molecule has 0 amide bonds. The summed E-state index contributed by atoms with van der Waals surface area (Å²) in [6.07, 6.45) is 0. The van der Waals surface area contributed by atoms with E-state index in [1.807, 2.05) is 72.9 Å². The Labute approximate surface area is 150 Å². The van der Waals surface area contributed by atoms with Crippen LogP contribution in [0, 0.1) is 0 Å². The van der Waals surface area contributed by atoms with Crippen molar-refractivity contribution in [3.05, 3.63) is 71.2 Å². The Morgan fingerprint density at radius 3 is 2.72 bits per heavy atom. The van der Waals surface area contributed by atoms with Crippen molar-refractivity contribution in [3.8, 4) is 0 Å². The molecule has 128 valence electrons. The maximum absolute atomic E-state index is 12.2. The third-order valence-electron chi connectivity index (χ3n) is 3.53. The molecule has 5 nitrogen and oxygen atoms in total. The van der Waals surface area contributed by atoms with E-state index in [4.69, 9.17) is 4.74 Å². The molecule has 6 heteroatoms. The van der Waals surface area contributed by atoms with Crippen LogP contribution in [-0.2, 0) is 11.3 Å². The Bertz CT molecular complexity index is 847. The number of hydrogen-bond donors (Lipinski definition) is 1. The summed E-state index contributed by atoms with van der Waals surface area (Å²) in [4.78, 5) is 18.6. The number of carbonyl (C=O) groups excluding carboxylic acids is 1. The molecule has 0 unspecified atom stereocenters. The van der Waals surface area contributed by atoms with E-state index in [1.165, 1.54) is 11.3 Å². The van der Waals surface area contributed by atoms with E-state index in [0.717, 1.165) is 22.2 Å². The van der Waals surface area contributed by atoms with E-state index >= 15 is 0 Å². The molecule has 0 aliphatic carbocycles. The van der Waals surface area contributed by atoms with Crippen LogP contribution in [0.3, 0.4) is 0 Å². The predicted molar refractivity (Wildman–Crippen MR) is 102 cm³/mol. The minimum atomic E-state index is -0.353. The second kappa shape index (κ2) is 7.81. The molecule has 0 aliphatic rings. The summed E-state index contributed by atoms with van der Waals surface area (Å²) in [6, 6.07) is 17.2. The smallest absolute Gasteiger partial charge is 0.338 e. The number of anilines is 3. The first-order valence-corrected chi connectivity index (χ1v) is 8.71. The van der Waals surface area contributed by atoms with Gasteiger partial charge in [0.25, 0.3) is 0 Å². The SMILES string of the molecule is CN(C)c1cccc(C(=O)OCc2csc(Nc3ccccc3)n2)c1. The maximum Gasteiger partial charge on any atom is 0.338 e. The van der Waals surface area contributed by atoms with Gasteiger partial charge in [0, 0.05) is 30.9 Å². The molecule has 2 aromatic carbocycles. The van der Waals surface area contributed by atoms with Gasteiger partial charge in [0.1, 0.15) is 6.61 Å². The molecular weight excluding hydrogens is 334 g/mol. The summed E-state index contributed by atoms with van der Waals surface area (Å²) in [7, 11) is 3.86. The lowest BCUT2D eigenvalue weighted by Gasteiger charge is -2.13. The minimum Gasteiger partial charge on any atom is -0.456 e. The van der Waals surface area contributed by atoms with Gasteiger partial charge < -0.3 is 15.0 Å². The Morgan fingerprint density at radius 2 is 1.96 bits per heavy atom. The summed E-state index contributed by atoms with van der Waals surface area (Å²) < 4.78 is 5.37. The second-order valence-electron chi connectivity index (χ2n) is 5.66. The standard InChI is InChI=1S/C19H19N3O2S/c1-22(2)17-10-6-7-14(11-17)18(23)24-12-16-13-25-19(21-16)20-15-8-4-3-5-9-15/h3-11,13H,12H2,1-2H3,(H,20,21). The van der Waals surface area contributed by atoms with Crippen LogP contribution < -0.4 is 10.2 Å². The van der Waals surface area contributed by atoms with Crippen molar-refractivity contribution in [2.45, 2.75) is 6.61 Å². The zero-order valence-corrected chi connectivity index (χ0v) is 14.9. The highest BCUT2D eigenvalue weighted by atomic mass is 32.1. The molecule has 0 saturated carbocycles. The van der Waals surface area contributed by atoms with Crippen LogP contribution in [0.15, 0.2) is 60.0 Å². The lowest BCUT2D eigenvalue weighted by molar-refractivity contribution is 0.0468. The summed E-state index contributed by atoms with van der Waals surface area (Å²) in [5, 5.41) is 5.88. The largest absolute Gasteiger partial charge is 0.456 e. The summed E-state index contributed by atoms with van der Waals surface area (Å²) in [6.45, 7) is 0.151. The normalized spacial score (nSPS) is 10.3. The Balaban J connectivity index is 1.58. The fraction of sp³-hybridized carbons (Fsp3) is 0.158. The number of thiazole rings is 1. The van der Waals surface area contributed by atoms with E-state index in [1.54, 1.807) is 6.07 Å². The van der Waals surface area contributed by atoms with Gasteiger partial charge in [-0.3, -0.25) is 0 Å². The number of hydrogen-bond acceptors (Lipinski definition) is 6. The minimum absolute atomic E-state index is 0.151. The average Bonchev–Trinajstić information content (AvgIpc) is 3.08. The number of nitrogens with zero attached hydrogens (tertiary/aromatic N) is 2. The predicted octanol–water partition coefficient (Wildman–Crippen LogP) is 4.31. The molecule has 1 heterocycles. The first-order valence-electron chi connectivity index (χ1n) is 7.83. The van der Waals surface area contributed by atoms with E-state index < -0.39 is 0 Å². The molecule has 1 aromatic heterocycles. The van der Waals surface area contributed by atoms with Crippen LogP contribution in [0.5, 0.6) is 0 Å².